The Morgan fingerprint density at radius 2 is 1.73 bits per heavy atom. The van der Waals surface area contributed by atoms with Crippen molar-refractivity contribution in [3.63, 3.8) is 0 Å². The number of aliphatic hydroxyl groups is 2. The Labute approximate surface area is 139 Å². The molecule has 0 spiro atoms. The fourth-order valence-corrected chi connectivity index (χ4v) is 2.37. The number of thiocarbonyl (C=S) groups is 1. The molecule has 2 atom stereocenters. The van der Waals surface area contributed by atoms with E-state index in [1.54, 1.807) is 36.4 Å². The summed E-state index contributed by atoms with van der Waals surface area (Å²) < 4.78 is 0. The lowest BCUT2D eigenvalue weighted by atomic mass is 10.0. The Kier molecular flexibility index (Phi) is 6.15. The summed E-state index contributed by atoms with van der Waals surface area (Å²) in [5.41, 5.74) is 1.48. The summed E-state index contributed by atoms with van der Waals surface area (Å²) in [5, 5.41) is 26.6. The second-order valence-electron chi connectivity index (χ2n) is 4.75. The minimum atomic E-state index is -0.865. The minimum absolute atomic E-state index is 0.251. The highest BCUT2D eigenvalue weighted by molar-refractivity contribution is 7.80. The monoisotopic (exact) mass is 336 g/mol. The van der Waals surface area contributed by atoms with Crippen molar-refractivity contribution in [1.29, 1.82) is 0 Å². The van der Waals surface area contributed by atoms with Crippen LogP contribution in [-0.2, 0) is 0 Å². The van der Waals surface area contributed by atoms with Gasteiger partial charge >= 0.3 is 0 Å². The molecule has 4 N–H and O–H groups in total. The molecule has 0 bridgehead atoms. The molecule has 2 rings (SSSR count). The van der Waals surface area contributed by atoms with Crippen LogP contribution in [0.1, 0.15) is 11.7 Å². The van der Waals surface area contributed by atoms with E-state index < -0.39 is 12.1 Å². The van der Waals surface area contributed by atoms with Crippen LogP contribution in [0.5, 0.6) is 0 Å². The first-order valence-electron chi connectivity index (χ1n) is 6.77. The van der Waals surface area contributed by atoms with Crippen LogP contribution in [0, 0.1) is 0 Å². The van der Waals surface area contributed by atoms with Gasteiger partial charge in [0, 0.05) is 10.7 Å². The van der Waals surface area contributed by atoms with Crippen molar-refractivity contribution in [3.05, 3.63) is 65.2 Å². The van der Waals surface area contributed by atoms with Gasteiger partial charge in [-0.3, -0.25) is 0 Å². The maximum atomic E-state index is 10.3. The molecule has 0 aliphatic carbocycles. The van der Waals surface area contributed by atoms with E-state index in [2.05, 4.69) is 10.6 Å². The Hall–Kier alpha value is -1.66. The predicted molar refractivity (Wildman–Crippen MR) is 93.1 cm³/mol. The highest BCUT2D eigenvalue weighted by Crippen LogP contribution is 2.17. The van der Waals surface area contributed by atoms with Gasteiger partial charge in [-0.15, -0.1) is 0 Å². The van der Waals surface area contributed by atoms with Crippen LogP contribution in [0.25, 0.3) is 0 Å². The van der Waals surface area contributed by atoms with Crippen LogP contribution in [-0.4, -0.2) is 28.0 Å². The Morgan fingerprint density at radius 3 is 2.32 bits per heavy atom. The Bertz CT molecular complexity index is 607. The first-order chi connectivity index (χ1) is 10.6. The van der Waals surface area contributed by atoms with Gasteiger partial charge in [-0.05, 0) is 42.0 Å². The molecule has 0 aliphatic rings. The zero-order valence-electron chi connectivity index (χ0n) is 11.7. The second kappa shape index (κ2) is 8.10. The molecule has 0 aromatic heterocycles. The maximum Gasteiger partial charge on any atom is 0.171 e. The average Bonchev–Trinajstić information content (AvgIpc) is 2.55. The van der Waals surface area contributed by atoms with Gasteiger partial charge < -0.3 is 20.8 Å². The molecule has 2 aromatic rings. The van der Waals surface area contributed by atoms with Crippen molar-refractivity contribution in [2.24, 2.45) is 0 Å². The molecule has 0 saturated carbocycles. The first-order valence-corrected chi connectivity index (χ1v) is 7.55. The number of halogens is 1. The van der Waals surface area contributed by atoms with Gasteiger partial charge in [0.1, 0.15) is 6.10 Å². The van der Waals surface area contributed by atoms with E-state index in [1.165, 1.54) is 0 Å². The zero-order chi connectivity index (χ0) is 15.9. The van der Waals surface area contributed by atoms with Crippen molar-refractivity contribution in [1.82, 2.24) is 5.32 Å². The summed E-state index contributed by atoms with van der Waals surface area (Å²) in [6, 6.07) is 15.6. The van der Waals surface area contributed by atoms with Crippen LogP contribution in [0.4, 0.5) is 5.69 Å². The van der Waals surface area contributed by atoms with Crippen molar-refractivity contribution >= 4 is 34.6 Å². The molecular weight excluding hydrogens is 320 g/mol. The van der Waals surface area contributed by atoms with Crippen LogP contribution in [0.2, 0.25) is 5.02 Å². The molecule has 6 heteroatoms. The summed E-state index contributed by atoms with van der Waals surface area (Å²) in [7, 11) is 0. The van der Waals surface area contributed by atoms with Crippen molar-refractivity contribution < 1.29 is 10.2 Å². The van der Waals surface area contributed by atoms with E-state index >= 15 is 0 Å². The fraction of sp³-hybridized carbons (Fsp3) is 0.188. The lowest BCUT2D eigenvalue weighted by Crippen LogP contribution is -2.43. The van der Waals surface area contributed by atoms with Crippen LogP contribution in [0.15, 0.2) is 54.6 Å². The van der Waals surface area contributed by atoms with Crippen molar-refractivity contribution in [2.45, 2.75) is 12.1 Å². The van der Waals surface area contributed by atoms with Gasteiger partial charge in [0.15, 0.2) is 5.11 Å². The summed E-state index contributed by atoms with van der Waals surface area (Å²) >= 11 is 11.0. The topological polar surface area (TPSA) is 64.5 Å². The van der Waals surface area contributed by atoms with Crippen LogP contribution >= 0.6 is 23.8 Å². The normalized spacial score (nSPS) is 13.2. The molecule has 0 aliphatic heterocycles. The van der Waals surface area contributed by atoms with E-state index in [1.807, 2.05) is 18.2 Å². The third kappa shape index (κ3) is 4.68. The number of hydrogen-bond donors (Lipinski definition) is 4. The van der Waals surface area contributed by atoms with E-state index in [-0.39, 0.29) is 6.61 Å². The number of anilines is 1. The predicted octanol–water partition coefficient (Wildman–Crippen LogP) is 2.72. The van der Waals surface area contributed by atoms with Gasteiger partial charge in [-0.1, -0.05) is 41.9 Å². The summed E-state index contributed by atoms with van der Waals surface area (Å²) in [5.74, 6) is 0. The van der Waals surface area contributed by atoms with Gasteiger partial charge in [-0.25, -0.2) is 0 Å². The fourth-order valence-electron chi connectivity index (χ4n) is 1.98. The molecule has 0 heterocycles. The minimum Gasteiger partial charge on any atom is -0.394 e. The summed E-state index contributed by atoms with van der Waals surface area (Å²) in [6.07, 6.45) is -0.865. The number of aliphatic hydroxyl groups excluding tert-OH is 2. The van der Waals surface area contributed by atoms with E-state index in [0.29, 0.717) is 15.7 Å². The molecule has 0 fully saturated rings. The SMILES string of the molecule is OCC(NC(=S)Nc1ccc(Cl)cc1)C(O)c1ccccc1. The van der Waals surface area contributed by atoms with Crippen LogP contribution in [0.3, 0.4) is 0 Å². The zero-order valence-corrected chi connectivity index (χ0v) is 13.3. The number of rotatable bonds is 5. The van der Waals surface area contributed by atoms with E-state index in [4.69, 9.17) is 23.8 Å². The van der Waals surface area contributed by atoms with Crippen molar-refractivity contribution in [2.75, 3.05) is 11.9 Å². The quantitative estimate of drug-likeness (QED) is 0.632. The number of hydrogen-bond acceptors (Lipinski definition) is 3. The molecule has 0 radical (unpaired) electrons. The van der Waals surface area contributed by atoms with Gasteiger partial charge in [-0.2, -0.15) is 0 Å². The molecule has 2 unspecified atom stereocenters. The lowest BCUT2D eigenvalue weighted by Gasteiger charge is -2.24. The van der Waals surface area contributed by atoms with Gasteiger partial charge in [0.05, 0.1) is 12.6 Å². The standard InChI is InChI=1S/C16H17ClN2O2S/c17-12-6-8-13(9-7-12)18-16(22)19-14(10-20)15(21)11-4-2-1-3-5-11/h1-9,14-15,20-21H,10H2,(H2,18,19,22). The summed E-state index contributed by atoms with van der Waals surface area (Å²) in [4.78, 5) is 0. The van der Waals surface area contributed by atoms with Crippen molar-refractivity contribution in [3.8, 4) is 0 Å². The third-order valence-corrected chi connectivity index (χ3v) is 3.61. The average molecular weight is 337 g/mol. The molecule has 22 heavy (non-hydrogen) atoms. The summed E-state index contributed by atoms with van der Waals surface area (Å²) in [6.45, 7) is -0.251. The van der Waals surface area contributed by atoms with E-state index in [9.17, 15) is 10.2 Å². The first kappa shape index (κ1) is 16.7. The smallest absolute Gasteiger partial charge is 0.171 e. The Balaban J connectivity index is 1.97. The van der Waals surface area contributed by atoms with Crippen LogP contribution < -0.4 is 10.6 Å². The van der Waals surface area contributed by atoms with Gasteiger partial charge in [0.2, 0.25) is 0 Å². The molecule has 0 saturated heterocycles. The third-order valence-electron chi connectivity index (χ3n) is 3.14. The number of benzene rings is 2. The molecule has 4 nitrogen and oxygen atoms in total. The number of nitrogens with one attached hydrogen (secondary N) is 2. The highest BCUT2D eigenvalue weighted by atomic mass is 35.5. The Morgan fingerprint density at radius 1 is 1.09 bits per heavy atom. The molecule has 2 aromatic carbocycles. The lowest BCUT2D eigenvalue weighted by molar-refractivity contribution is 0.100. The van der Waals surface area contributed by atoms with E-state index in [0.717, 1.165) is 5.69 Å². The molecular formula is C16H17ClN2O2S. The highest BCUT2D eigenvalue weighted by Gasteiger charge is 2.20. The second-order valence-corrected chi connectivity index (χ2v) is 5.59. The largest absolute Gasteiger partial charge is 0.394 e. The maximum absolute atomic E-state index is 10.3. The van der Waals surface area contributed by atoms with Gasteiger partial charge in [0.25, 0.3) is 0 Å². The molecule has 116 valence electrons. The molecule has 0 amide bonds.